The molecule has 1 saturated heterocycles. The van der Waals surface area contributed by atoms with Gasteiger partial charge in [-0.15, -0.1) is 12.4 Å². The number of hydrogen-bond acceptors (Lipinski definition) is 5. The molecule has 0 aliphatic carbocycles. The van der Waals surface area contributed by atoms with Crippen LogP contribution in [0.1, 0.15) is 30.7 Å². The maximum absolute atomic E-state index is 13.5. The molecule has 2 atom stereocenters. The summed E-state index contributed by atoms with van der Waals surface area (Å²) < 4.78 is 36.5. The standard InChI is InChI=1S/C29H32FNO4.ClH/c30-24-10-8-22(9-11-24)27-14-16-31(15-4-5-17-32-25-6-2-1-3-7-25)19-23(27)20-33-26-12-13-28-29(18-26)35-21-34-28;/h1-3,6-13,18,23,27H,4-5,14-17,19-21H2;1H/t23-,27-;/m0./s1. The molecule has 0 N–H and O–H groups in total. The van der Waals surface area contributed by atoms with Crippen LogP contribution in [-0.4, -0.2) is 44.5 Å². The van der Waals surface area contributed by atoms with Crippen LogP contribution in [0.2, 0.25) is 0 Å². The highest BCUT2D eigenvalue weighted by atomic mass is 35.5. The molecular weight excluding hydrogens is 481 g/mol. The Morgan fingerprint density at radius 3 is 2.50 bits per heavy atom. The van der Waals surface area contributed by atoms with Gasteiger partial charge in [0.05, 0.1) is 13.2 Å². The molecule has 0 spiro atoms. The SMILES string of the molecule is Cl.Fc1ccc([C@@H]2CCN(CCCCOc3ccccc3)C[C@H]2COc2ccc3c(c2)OCO3)cc1. The van der Waals surface area contributed by atoms with Crippen molar-refractivity contribution in [2.75, 3.05) is 39.6 Å². The second-order valence-corrected chi connectivity index (χ2v) is 9.20. The first-order valence-electron chi connectivity index (χ1n) is 12.4. The molecule has 1 fully saturated rings. The van der Waals surface area contributed by atoms with Crippen LogP contribution >= 0.6 is 12.4 Å². The number of halogens is 2. The molecular formula is C29H33ClFNO4. The van der Waals surface area contributed by atoms with Gasteiger partial charge in [-0.05, 0) is 80.2 Å². The van der Waals surface area contributed by atoms with E-state index in [1.807, 2.05) is 60.7 Å². The molecule has 192 valence electrons. The van der Waals surface area contributed by atoms with E-state index in [0.717, 1.165) is 68.5 Å². The summed E-state index contributed by atoms with van der Waals surface area (Å²) in [6.45, 7) is 4.59. The van der Waals surface area contributed by atoms with E-state index in [1.165, 1.54) is 5.56 Å². The minimum atomic E-state index is -0.197. The molecule has 2 heterocycles. The molecule has 0 unspecified atom stereocenters. The fraction of sp³-hybridized carbons (Fsp3) is 0.379. The van der Waals surface area contributed by atoms with Gasteiger partial charge in [0, 0.05) is 18.5 Å². The third kappa shape index (κ3) is 6.83. The first-order chi connectivity index (χ1) is 17.2. The molecule has 36 heavy (non-hydrogen) atoms. The van der Waals surface area contributed by atoms with Crippen LogP contribution < -0.4 is 18.9 Å². The Hall–Kier alpha value is -2.96. The van der Waals surface area contributed by atoms with Crippen molar-refractivity contribution in [3.63, 3.8) is 0 Å². The quantitative estimate of drug-likeness (QED) is 0.297. The Balaban J connectivity index is 0.00000304. The Bertz CT molecular complexity index is 1080. The molecule has 3 aromatic carbocycles. The summed E-state index contributed by atoms with van der Waals surface area (Å²) in [7, 11) is 0. The van der Waals surface area contributed by atoms with Crippen molar-refractivity contribution in [1.29, 1.82) is 0 Å². The number of hydrogen-bond donors (Lipinski definition) is 0. The van der Waals surface area contributed by atoms with Gasteiger partial charge in [0.1, 0.15) is 17.3 Å². The number of ether oxygens (including phenoxy) is 4. The van der Waals surface area contributed by atoms with E-state index in [4.69, 9.17) is 18.9 Å². The second kappa shape index (κ2) is 12.8. The molecule has 0 aromatic heterocycles. The maximum Gasteiger partial charge on any atom is 0.231 e. The number of benzene rings is 3. The molecule has 0 saturated carbocycles. The number of piperidine rings is 1. The monoisotopic (exact) mass is 513 g/mol. The van der Waals surface area contributed by atoms with Crippen molar-refractivity contribution in [1.82, 2.24) is 4.90 Å². The van der Waals surface area contributed by atoms with Gasteiger partial charge >= 0.3 is 0 Å². The summed E-state index contributed by atoms with van der Waals surface area (Å²) in [6.07, 6.45) is 3.14. The van der Waals surface area contributed by atoms with E-state index in [0.29, 0.717) is 18.4 Å². The van der Waals surface area contributed by atoms with Crippen LogP contribution in [0.5, 0.6) is 23.0 Å². The van der Waals surface area contributed by atoms with Gasteiger partial charge in [-0.1, -0.05) is 30.3 Å². The molecule has 0 amide bonds. The largest absolute Gasteiger partial charge is 0.494 e. The Morgan fingerprint density at radius 2 is 1.67 bits per heavy atom. The first-order valence-corrected chi connectivity index (χ1v) is 12.4. The van der Waals surface area contributed by atoms with Crippen LogP contribution in [0.25, 0.3) is 0 Å². The molecule has 0 bridgehead atoms. The summed E-state index contributed by atoms with van der Waals surface area (Å²) in [6, 6.07) is 22.6. The fourth-order valence-electron chi connectivity index (χ4n) is 4.94. The summed E-state index contributed by atoms with van der Waals surface area (Å²) in [4.78, 5) is 2.52. The number of para-hydroxylation sites is 1. The van der Waals surface area contributed by atoms with E-state index in [2.05, 4.69) is 4.90 Å². The normalized spacial score (nSPS) is 18.9. The van der Waals surface area contributed by atoms with Crippen LogP contribution in [0.15, 0.2) is 72.8 Å². The third-order valence-electron chi connectivity index (χ3n) is 6.80. The lowest BCUT2D eigenvalue weighted by Gasteiger charge is -2.39. The van der Waals surface area contributed by atoms with Gasteiger partial charge in [-0.2, -0.15) is 0 Å². The number of likely N-dealkylation sites (tertiary alicyclic amines) is 1. The Morgan fingerprint density at radius 1 is 0.861 bits per heavy atom. The smallest absolute Gasteiger partial charge is 0.231 e. The van der Waals surface area contributed by atoms with Gasteiger partial charge in [0.25, 0.3) is 0 Å². The predicted molar refractivity (Wildman–Crippen MR) is 140 cm³/mol. The summed E-state index contributed by atoms with van der Waals surface area (Å²) in [5.74, 6) is 3.62. The van der Waals surface area contributed by atoms with Gasteiger partial charge < -0.3 is 23.8 Å². The minimum absolute atomic E-state index is 0. The molecule has 7 heteroatoms. The molecule has 0 radical (unpaired) electrons. The zero-order valence-electron chi connectivity index (χ0n) is 20.3. The Kier molecular flexibility index (Phi) is 9.31. The van der Waals surface area contributed by atoms with Gasteiger partial charge in [-0.3, -0.25) is 0 Å². The van der Waals surface area contributed by atoms with Crippen molar-refractivity contribution < 1.29 is 23.3 Å². The minimum Gasteiger partial charge on any atom is -0.494 e. The fourth-order valence-corrected chi connectivity index (χ4v) is 4.94. The maximum atomic E-state index is 13.5. The lowest BCUT2D eigenvalue weighted by Crippen LogP contribution is -2.42. The first kappa shape index (κ1) is 26.1. The van der Waals surface area contributed by atoms with E-state index in [-0.39, 0.29) is 25.0 Å². The van der Waals surface area contributed by atoms with Gasteiger partial charge in [0.2, 0.25) is 6.79 Å². The van der Waals surface area contributed by atoms with E-state index in [1.54, 1.807) is 12.1 Å². The number of rotatable bonds is 10. The summed E-state index contributed by atoms with van der Waals surface area (Å²) in [5.41, 5.74) is 1.18. The van der Waals surface area contributed by atoms with Crippen molar-refractivity contribution >= 4 is 12.4 Å². The zero-order chi connectivity index (χ0) is 23.9. The molecule has 5 nitrogen and oxygen atoms in total. The van der Waals surface area contributed by atoms with Gasteiger partial charge in [-0.25, -0.2) is 4.39 Å². The summed E-state index contributed by atoms with van der Waals surface area (Å²) in [5, 5.41) is 0. The van der Waals surface area contributed by atoms with E-state index >= 15 is 0 Å². The average Bonchev–Trinajstić information content (AvgIpc) is 3.37. The van der Waals surface area contributed by atoms with E-state index < -0.39 is 0 Å². The topological polar surface area (TPSA) is 40.2 Å². The second-order valence-electron chi connectivity index (χ2n) is 9.20. The Labute approximate surface area is 218 Å². The molecule has 2 aliphatic rings. The lowest BCUT2D eigenvalue weighted by atomic mass is 9.80. The third-order valence-corrected chi connectivity index (χ3v) is 6.80. The molecule has 2 aliphatic heterocycles. The van der Waals surface area contributed by atoms with Gasteiger partial charge in [0.15, 0.2) is 11.5 Å². The highest BCUT2D eigenvalue weighted by molar-refractivity contribution is 5.85. The number of fused-ring (bicyclic) bond motifs is 1. The van der Waals surface area contributed by atoms with Crippen molar-refractivity contribution in [2.45, 2.75) is 25.2 Å². The van der Waals surface area contributed by atoms with E-state index in [9.17, 15) is 4.39 Å². The lowest BCUT2D eigenvalue weighted by molar-refractivity contribution is 0.108. The van der Waals surface area contributed by atoms with Crippen LogP contribution in [0.3, 0.4) is 0 Å². The van der Waals surface area contributed by atoms with Crippen molar-refractivity contribution in [2.24, 2.45) is 5.92 Å². The highest BCUT2D eigenvalue weighted by Gasteiger charge is 2.31. The average molecular weight is 514 g/mol. The number of nitrogens with zero attached hydrogens (tertiary/aromatic N) is 1. The van der Waals surface area contributed by atoms with Crippen LogP contribution in [-0.2, 0) is 0 Å². The molecule has 5 rings (SSSR count). The summed E-state index contributed by atoms with van der Waals surface area (Å²) >= 11 is 0. The van der Waals surface area contributed by atoms with Crippen molar-refractivity contribution in [3.8, 4) is 23.0 Å². The molecule has 3 aromatic rings. The van der Waals surface area contributed by atoms with Crippen LogP contribution in [0, 0.1) is 11.7 Å². The predicted octanol–water partition coefficient (Wildman–Crippen LogP) is 6.32. The van der Waals surface area contributed by atoms with Crippen LogP contribution in [0.4, 0.5) is 4.39 Å². The zero-order valence-corrected chi connectivity index (χ0v) is 21.1. The highest BCUT2D eigenvalue weighted by Crippen LogP contribution is 2.37. The number of unbranched alkanes of at least 4 members (excludes halogenated alkanes) is 1. The van der Waals surface area contributed by atoms with Crippen molar-refractivity contribution in [3.05, 3.63) is 84.2 Å².